The van der Waals surface area contributed by atoms with Gasteiger partial charge in [0.2, 0.25) is 5.91 Å². The third kappa shape index (κ3) is 3.12. The summed E-state index contributed by atoms with van der Waals surface area (Å²) in [5.74, 6) is -0.269. The summed E-state index contributed by atoms with van der Waals surface area (Å²) in [7, 11) is 0. The van der Waals surface area contributed by atoms with Gasteiger partial charge in [-0.3, -0.25) is 14.5 Å². The largest absolute Gasteiger partial charge is 0.368 e. The van der Waals surface area contributed by atoms with E-state index >= 15 is 0 Å². The summed E-state index contributed by atoms with van der Waals surface area (Å²) < 4.78 is 0. The van der Waals surface area contributed by atoms with Crippen molar-refractivity contribution in [2.45, 2.75) is 13.0 Å². The van der Waals surface area contributed by atoms with E-state index in [-0.39, 0.29) is 17.9 Å². The zero-order valence-electron chi connectivity index (χ0n) is 11.1. The minimum atomic E-state index is -0.317. The van der Waals surface area contributed by atoms with Crippen LogP contribution >= 0.6 is 0 Å². The summed E-state index contributed by atoms with van der Waals surface area (Å²) in [4.78, 5) is 27.2. The number of benzene rings is 1. The highest BCUT2D eigenvalue weighted by molar-refractivity contribution is 5.94. The molecular weight excluding hydrogens is 242 g/mol. The maximum Gasteiger partial charge on any atom is 0.253 e. The van der Waals surface area contributed by atoms with Crippen LogP contribution in [0.2, 0.25) is 0 Å². The molecule has 2 rings (SSSR count). The zero-order valence-corrected chi connectivity index (χ0v) is 11.1. The van der Waals surface area contributed by atoms with E-state index in [1.807, 2.05) is 40.1 Å². The third-order valence-electron chi connectivity index (χ3n) is 3.58. The fourth-order valence-electron chi connectivity index (χ4n) is 2.26. The van der Waals surface area contributed by atoms with Crippen LogP contribution in [0.1, 0.15) is 17.3 Å². The molecule has 5 nitrogen and oxygen atoms in total. The molecule has 2 amide bonds. The zero-order chi connectivity index (χ0) is 13.8. The molecule has 1 aliphatic heterocycles. The second-order valence-electron chi connectivity index (χ2n) is 4.77. The van der Waals surface area contributed by atoms with Crippen molar-refractivity contribution in [2.75, 3.05) is 26.2 Å². The molecule has 1 aromatic carbocycles. The van der Waals surface area contributed by atoms with E-state index in [9.17, 15) is 9.59 Å². The SMILES string of the molecule is C[C@@H](C(N)=O)N1CCN(C(=O)c2ccccc2)CC1. The maximum atomic E-state index is 12.2. The molecule has 0 saturated carbocycles. The molecule has 0 spiro atoms. The molecule has 0 aliphatic carbocycles. The van der Waals surface area contributed by atoms with Gasteiger partial charge in [0.1, 0.15) is 0 Å². The fourth-order valence-corrected chi connectivity index (χ4v) is 2.26. The Bertz CT molecular complexity index is 453. The second-order valence-corrected chi connectivity index (χ2v) is 4.77. The summed E-state index contributed by atoms with van der Waals surface area (Å²) in [6.07, 6.45) is 0. The van der Waals surface area contributed by atoms with E-state index in [4.69, 9.17) is 5.73 Å². The van der Waals surface area contributed by atoms with E-state index in [1.165, 1.54) is 0 Å². The van der Waals surface area contributed by atoms with Crippen LogP contribution in [0.5, 0.6) is 0 Å². The number of rotatable bonds is 3. The lowest BCUT2D eigenvalue weighted by molar-refractivity contribution is -0.123. The van der Waals surface area contributed by atoms with E-state index in [2.05, 4.69) is 0 Å². The average molecular weight is 261 g/mol. The molecule has 0 unspecified atom stereocenters. The van der Waals surface area contributed by atoms with Gasteiger partial charge in [-0.1, -0.05) is 18.2 Å². The molecule has 19 heavy (non-hydrogen) atoms. The number of primary amides is 1. The highest BCUT2D eigenvalue weighted by Gasteiger charge is 2.26. The van der Waals surface area contributed by atoms with Crippen molar-refractivity contribution in [3.8, 4) is 0 Å². The van der Waals surface area contributed by atoms with Crippen molar-refractivity contribution < 1.29 is 9.59 Å². The Morgan fingerprint density at radius 2 is 1.68 bits per heavy atom. The predicted molar refractivity (Wildman–Crippen MR) is 72.6 cm³/mol. The molecule has 0 bridgehead atoms. The predicted octanol–water partition coefficient (Wildman–Crippen LogP) is 0.318. The molecule has 1 aliphatic rings. The first-order chi connectivity index (χ1) is 9.09. The van der Waals surface area contributed by atoms with Crippen LogP contribution in [0.3, 0.4) is 0 Å². The maximum absolute atomic E-state index is 12.2. The second kappa shape index (κ2) is 5.84. The molecule has 1 aromatic rings. The normalized spacial score (nSPS) is 18.1. The van der Waals surface area contributed by atoms with Gasteiger partial charge in [0.15, 0.2) is 0 Å². The van der Waals surface area contributed by atoms with Crippen LogP contribution in [0.25, 0.3) is 0 Å². The van der Waals surface area contributed by atoms with Crippen LogP contribution in [0.4, 0.5) is 0 Å². The van der Waals surface area contributed by atoms with E-state index < -0.39 is 0 Å². The molecule has 2 N–H and O–H groups in total. The van der Waals surface area contributed by atoms with Gasteiger partial charge < -0.3 is 10.6 Å². The fraction of sp³-hybridized carbons (Fsp3) is 0.429. The topological polar surface area (TPSA) is 66.6 Å². The monoisotopic (exact) mass is 261 g/mol. The first kappa shape index (κ1) is 13.5. The number of hydrogen-bond donors (Lipinski definition) is 1. The van der Waals surface area contributed by atoms with Crippen molar-refractivity contribution in [3.05, 3.63) is 35.9 Å². The molecule has 1 saturated heterocycles. The van der Waals surface area contributed by atoms with E-state index in [0.717, 1.165) is 0 Å². The van der Waals surface area contributed by atoms with Crippen LogP contribution in [-0.2, 0) is 4.79 Å². The van der Waals surface area contributed by atoms with Crippen molar-refractivity contribution in [1.29, 1.82) is 0 Å². The van der Waals surface area contributed by atoms with Gasteiger partial charge in [-0.2, -0.15) is 0 Å². The van der Waals surface area contributed by atoms with Gasteiger partial charge in [-0.25, -0.2) is 0 Å². The summed E-state index contributed by atoms with van der Waals surface area (Å²) in [6.45, 7) is 4.43. The molecule has 0 radical (unpaired) electrons. The number of nitrogens with zero attached hydrogens (tertiary/aromatic N) is 2. The van der Waals surface area contributed by atoms with Gasteiger partial charge in [-0.15, -0.1) is 0 Å². The number of carbonyl (C=O) groups is 2. The van der Waals surface area contributed by atoms with E-state index in [0.29, 0.717) is 31.7 Å². The number of piperazine rings is 1. The lowest BCUT2D eigenvalue weighted by atomic mass is 10.1. The number of amides is 2. The first-order valence-corrected chi connectivity index (χ1v) is 6.47. The van der Waals surface area contributed by atoms with Gasteiger partial charge in [0.05, 0.1) is 6.04 Å². The molecule has 1 fully saturated rings. The Balaban J connectivity index is 1.93. The average Bonchev–Trinajstić information content (AvgIpc) is 2.46. The van der Waals surface area contributed by atoms with Crippen LogP contribution in [-0.4, -0.2) is 53.8 Å². The highest BCUT2D eigenvalue weighted by atomic mass is 16.2. The highest BCUT2D eigenvalue weighted by Crippen LogP contribution is 2.10. The summed E-state index contributed by atoms with van der Waals surface area (Å²) >= 11 is 0. The lowest BCUT2D eigenvalue weighted by Crippen LogP contribution is -2.54. The van der Waals surface area contributed by atoms with Crippen molar-refractivity contribution in [2.24, 2.45) is 5.73 Å². The number of nitrogens with two attached hydrogens (primary N) is 1. The van der Waals surface area contributed by atoms with Gasteiger partial charge in [0.25, 0.3) is 5.91 Å². The van der Waals surface area contributed by atoms with Crippen LogP contribution < -0.4 is 5.73 Å². The summed E-state index contributed by atoms with van der Waals surface area (Å²) in [6, 6.07) is 8.98. The Hall–Kier alpha value is -1.88. The third-order valence-corrected chi connectivity index (χ3v) is 3.58. The summed E-state index contributed by atoms with van der Waals surface area (Å²) in [5.41, 5.74) is 6.00. The molecule has 5 heteroatoms. The van der Waals surface area contributed by atoms with Crippen LogP contribution in [0, 0.1) is 0 Å². The van der Waals surface area contributed by atoms with Crippen molar-refractivity contribution >= 4 is 11.8 Å². The Morgan fingerprint density at radius 3 is 2.21 bits per heavy atom. The minimum absolute atomic E-state index is 0.0481. The first-order valence-electron chi connectivity index (χ1n) is 6.47. The molecule has 102 valence electrons. The standard InChI is InChI=1S/C14H19N3O2/c1-11(13(15)18)16-7-9-17(10-8-16)14(19)12-5-3-2-4-6-12/h2-6,11H,7-10H2,1H3,(H2,15,18)/t11-/m0/s1. The number of hydrogen-bond acceptors (Lipinski definition) is 3. The minimum Gasteiger partial charge on any atom is -0.368 e. The van der Waals surface area contributed by atoms with Crippen LogP contribution in [0.15, 0.2) is 30.3 Å². The molecule has 0 aromatic heterocycles. The lowest BCUT2D eigenvalue weighted by Gasteiger charge is -2.36. The number of carbonyl (C=O) groups excluding carboxylic acids is 2. The van der Waals surface area contributed by atoms with Crippen molar-refractivity contribution in [1.82, 2.24) is 9.80 Å². The molecule has 1 heterocycles. The Labute approximate surface area is 113 Å². The van der Waals surface area contributed by atoms with Crippen molar-refractivity contribution in [3.63, 3.8) is 0 Å². The molecular formula is C14H19N3O2. The quantitative estimate of drug-likeness (QED) is 0.852. The Kier molecular flexibility index (Phi) is 4.16. The summed E-state index contributed by atoms with van der Waals surface area (Å²) in [5, 5.41) is 0. The van der Waals surface area contributed by atoms with Gasteiger partial charge in [0, 0.05) is 31.7 Å². The Morgan fingerprint density at radius 1 is 1.11 bits per heavy atom. The van der Waals surface area contributed by atoms with Gasteiger partial charge in [-0.05, 0) is 19.1 Å². The van der Waals surface area contributed by atoms with E-state index in [1.54, 1.807) is 6.92 Å². The smallest absolute Gasteiger partial charge is 0.253 e. The molecule has 1 atom stereocenters. The van der Waals surface area contributed by atoms with Gasteiger partial charge >= 0.3 is 0 Å².